The van der Waals surface area contributed by atoms with Gasteiger partial charge in [0.1, 0.15) is 5.82 Å². The number of nitrogens with zero attached hydrogens (tertiary/aromatic N) is 2. The van der Waals surface area contributed by atoms with Crippen molar-refractivity contribution in [2.45, 2.75) is 20.8 Å². The number of benzene rings is 1. The van der Waals surface area contributed by atoms with Crippen molar-refractivity contribution in [1.82, 2.24) is 4.98 Å². The summed E-state index contributed by atoms with van der Waals surface area (Å²) >= 11 is 0. The number of nitrogens with one attached hydrogen (secondary N) is 1. The molecule has 0 saturated heterocycles. The van der Waals surface area contributed by atoms with E-state index in [2.05, 4.69) is 10.3 Å². The van der Waals surface area contributed by atoms with Crippen molar-refractivity contribution in [1.29, 1.82) is 0 Å². The molecule has 5 nitrogen and oxygen atoms in total. The second-order valence-corrected chi connectivity index (χ2v) is 5.01. The lowest BCUT2D eigenvalue weighted by molar-refractivity contribution is -0.134. The van der Waals surface area contributed by atoms with Crippen LogP contribution >= 0.6 is 0 Å². The van der Waals surface area contributed by atoms with E-state index in [1.165, 1.54) is 4.90 Å². The Labute approximate surface area is 130 Å². The highest BCUT2D eigenvalue weighted by atomic mass is 16.2. The van der Waals surface area contributed by atoms with Gasteiger partial charge in [-0.15, -0.1) is 0 Å². The molecule has 0 aliphatic rings. The highest BCUT2D eigenvalue weighted by Crippen LogP contribution is 2.17. The number of rotatable bonds is 3. The number of aryl methyl sites for hydroxylation is 2. The molecule has 0 saturated carbocycles. The minimum atomic E-state index is -0.690. The molecule has 1 aromatic carbocycles. The third-order valence-corrected chi connectivity index (χ3v) is 3.31. The van der Waals surface area contributed by atoms with Crippen molar-refractivity contribution in [3.8, 4) is 0 Å². The van der Waals surface area contributed by atoms with Crippen molar-refractivity contribution in [3.05, 3.63) is 53.7 Å². The van der Waals surface area contributed by atoms with Gasteiger partial charge >= 0.3 is 11.8 Å². The zero-order valence-electron chi connectivity index (χ0n) is 13.0. The van der Waals surface area contributed by atoms with Crippen molar-refractivity contribution in [3.63, 3.8) is 0 Å². The maximum atomic E-state index is 12.4. The molecule has 2 rings (SSSR count). The normalized spacial score (nSPS) is 10.1. The van der Waals surface area contributed by atoms with Crippen molar-refractivity contribution in [2.75, 3.05) is 16.8 Å². The number of pyridine rings is 1. The fourth-order valence-corrected chi connectivity index (χ4v) is 2.14. The zero-order chi connectivity index (χ0) is 16.1. The highest BCUT2D eigenvalue weighted by molar-refractivity contribution is 6.44. The smallest absolute Gasteiger partial charge is 0.304 e. The minimum absolute atomic E-state index is 0.404. The molecule has 2 amide bonds. The Morgan fingerprint density at radius 3 is 2.59 bits per heavy atom. The lowest BCUT2D eigenvalue weighted by atomic mass is 10.2. The SMILES string of the molecule is CCN(C(=O)C(=O)Nc1ncccc1C)c1cccc(C)c1. The number of carbonyl (C=O) groups is 2. The molecule has 2 aromatic rings. The van der Waals surface area contributed by atoms with E-state index < -0.39 is 11.8 Å². The molecule has 22 heavy (non-hydrogen) atoms. The molecule has 5 heteroatoms. The van der Waals surface area contributed by atoms with Crippen LogP contribution in [0.2, 0.25) is 0 Å². The molecule has 0 spiro atoms. The minimum Gasteiger partial charge on any atom is -0.304 e. The van der Waals surface area contributed by atoms with Gasteiger partial charge in [-0.25, -0.2) is 4.98 Å². The third kappa shape index (κ3) is 3.49. The Morgan fingerprint density at radius 2 is 1.95 bits per heavy atom. The van der Waals surface area contributed by atoms with Gasteiger partial charge in [-0.3, -0.25) is 9.59 Å². The molecule has 0 bridgehead atoms. The fourth-order valence-electron chi connectivity index (χ4n) is 2.14. The number of carbonyl (C=O) groups excluding carboxylic acids is 2. The van der Waals surface area contributed by atoms with Crippen LogP contribution < -0.4 is 10.2 Å². The van der Waals surface area contributed by atoms with E-state index in [0.29, 0.717) is 18.1 Å². The van der Waals surface area contributed by atoms with Gasteiger partial charge in [0, 0.05) is 18.4 Å². The summed E-state index contributed by atoms with van der Waals surface area (Å²) in [5, 5.41) is 2.57. The average Bonchev–Trinajstić information content (AvgIpc) is 2.50. The first kappa shape index (κ1) is 15.7. The number of hydrogen-bond donors (Lipinski definition) is 1. The van der Waals surface area contributed by atoms with Gasteiger partial charge in [0.15, 0.2) is 0 Å². The molecular weight excluding hydrogens is 278 g/mol. The largest absolute Gasteiger partial charge is 0.316 e. The van der Waals surface area contributed by atoms with Crippen molar-refractivity contribution < 1.29 is 9.59 Å². The summed E-state index contributed by atoms with van der Waals surface area (Å²) in [5.74, 6) is -0.885. The molecule has 0 atom stereocenters. The van der Waals surface area contributed by atoms with Crippen LogP contribution in [0.4, 0.5) is 11.5 Å². The molecule has 0 fully saturated rings. The Balaban J connectivity index is 2.18. The average molecular weight is 297 g/mol. The quantitative estimate of drug-likeness (QED) is 0.886. The van der Waals surface area contributed by atoms with Gasteiger partial charge in [0.05, 0.1) is 0 Å². The second-order valence-electron chi connectivity index (χ2n) is 5.01. The van der Waals surface area contributed by atoms with Crippen LogP contribution in [-0.2, 0) is 9.59 Å². The van der Waals surface area contributed by atoms with Crippen LogP contribution in [0.15, 0.2) is 42.6 Å². The lowest BCUT2D eigenvalue weighted by Gasteiger charge is -2.20. The Hall–Kier alpha value is -2.69. The van der Waals surface area contributed by atoms with Gasteiger partial charge in [0.25, 0.3) is 0 Å². The summed E-state index contributed by atoms with van der Waals surface area (Å²) in [6, 6.07) is 11.1. The van der Waals surface area contributed by atoms with Crippen LogP contribution in [0.25, 0.3) is 0 Å². The molecule has 1 heterocycles. The summed E-state index contributed by atoms with van der Waals surface area (Å²) in [6.07, 6.45) is 1.57. The Kier molecular flexibility index (Phi) is 4.88. The van der Waals surface area contributed by atoms with Crippen LogP contribution in [-0.4, -0.2) is 23.3 Å². The Morgan fingerprint density at radius 1 is 1.18 bits per heavy atom. The van der Waals surface area contributed by atoms with Gasteiger partial charge in [-0.05, 0) is 50.1 Å². The summed E-state index contributed by atoms with van der Waals surface area (Å²) in [4.78, 5) is 30.1. The summed E-state index contributed by atoms with van der Waals surface area (Å²) in [6.45, 7) is 6.01. The molecular formula is C17H19N3O2. The van der Waals surface area contributed by atoms with Gasteiger partial charge < -0.3 is 10.2 Å². The maximum Gasteiger partial charge on any atom is 0.316 e. The Bertz CT molecular complexity index is 698. The van der Waals surface area contributed by atoms with E-state index in [1.807, 2.05) is 51.1 Å². The van der Waals surface area contributed by atoms with Crippen molar-refractivity contribution >= 4 is 23.3 Å². The van der Waals surface area contributed by atoms with E-state index in [4.69, 9.17) is 0 Å². The second kappa shape index (κ2) is 6.85. The van der Waals surface area contributed by atoms with Crippen LogP contribution in [0.3, 0.4) is 0 Å². The lowest BCUT2D eigenvalue weighted by Crippen LogP contribution is -2.40. The summed E-state index contributed by atoms with van der Waals surface area (Å²) in [5.41, 5.74) is 2.55. The van der Waals surface area contributed by atoms with E-state index >= 15 is 0 Å². The standard InChI is InChI=1S/C17H19N3O2/c1-4-20(14-9-5-7-12(2)11-14)17(22)16(21)19-15-13(3)8-6-10-18-15/h5-11H,4H2,1-3H3,(H,18,19,21). The van der Waals surface area contributed by atoms with Crippen LogP contribution in [0.5, 0.6) is 0 Å². The molecule has 0 aliphatic carbocycles. The molecule has 1 aromatic heterocycles. The topological polar surface area (TPSA) is 62.3 Å². The molecule has 1 N–H and O–H groups in total. The van der Waals surface area contributed by atoms with E-state index in [1.54, 1.807) is 12.3 Å². The maximum absolute atomic E-state index is 12.4. The molecule has 0 radical (unpaired) electrons. The van der Waals surface area contributed by atoms with Gasteiger partial charge in [0.2, 0.25) is 0 Å². The summed E-state index contributed by atoms with van der Waals surface area (Å²) in [7, 11) is 0. The predicted octanol–water partition coefficient (Wildman–Crippen LogP) is 2.69. The number of likely N-dealkylation sites (N-methyl/N-ethyl adjacent to an activating group) is 1. The number of anilines is 2. The highest BCUT2D eigenvalue weighted by Gasteiger charge is 2.22. The van der Waals surface area contributed by atoms with E-state index in [-0.39, 0.29) is 0 Å². The number of hydrogen-bond acceptors (Lipinski definition) is 3. The monoisotopic (exact) mass is 297 g/mol. The van der Waals surface area contributed by atoms with Crippen LogP contribution in [0, 0.1) is 13.8 Å². The molecule has 114 valence electrons. The first-order valence-corrected chi connectivity index (χ1v) is 7.14. The van der Waals surface area contributed by atoms with Gasteiger partial charge in [-0.1, -0.05) is 18.2 Å². The van der Waals surface area contributed by atoms with E-state index in [9.17, 15) is 9.59 Å². The number of amides is 2. The van der Waals surface area contributed by atoms with E-state index in [0.717, 1.165) is 11.1 Å². The van der Waals surface area contributed by atoms with Crippen molar-refractivity contribution in [2.24, 2.45) is 0 Å². The molecule has 0 unspecified atom stereocenters. The molecule has 0 aliphatic heterocycles. The third-order valence-electron chi connectivity index (χ3n) is 3.31. The van der Waals surface area contributed by atoms with Gasteiger partial charge in [-0.2, -0.15) is 0 Å². The predicted molar refractivity (Wildman–Crippen MR) is 86.8 cm³/mol. The fraction of sp³-hybridized carbons (Fsp3) is 0.235. The first-order chi connectivity index (χ1) is 10.5. The zero-order valence-corrected chi connectivity index (χ0v) is 13.0. The van der Waals surface area contributed by atoms with Crippen LogP contribution in [0.1, 0.15) is 18.1 Å². The summed E-state index contributed by atoms with van der Waals surface area (Å²) < 4.78 is 0. The first-order valence-electron chi connectivity index (χ1n) is 7.14. The number of aromatic nitrogens is 1.